The van der Waals surface area contributed by atoms with Gasteiger partial charge in [-0.1, -0.05) is 13.0 Å². The van der Waals surface area contributed by atoms with Crippen LogP contribution in [0.4, 0.5) is 15.9 Å². The van der Waals surface area contributed by atoms with Gasteiger partial charge >= 0.3 is 0 Å². The third-order valence-corrected chi connectivity index (χ3v) is 7.02. The summed E-state index contributed by atoms with van der Waals surface area (Å²) in [4.78, 5) is 48.0. The van der Waals surface area contributed by atoms with Crippen LogP contribution in [0.15, 0.2) is 52.6 Å². The Morgan fingerprint density at radius 1 is 1.25 bits per heavy atom. The average molecular weight is 507 g/mol. The fraction of sp³-hybridized carbons (Fsp3) is 0.240. The van der Waals surface area contributed by atoms with Crippen LogP contribution in [0.2, 0.25) is 0 Å². The van der Waals surface area contributed by atoms with Crippen molar-refractivity contribution in [2.24, 2.45) is 5.92 Å². The van der Waals surface area contributed by atoms with E-state index in [1.165, 1.54) is 45.2 Å². The third kappa shape index (κ3) is 4.44. The van der Waals surface area contributed by atoms with E-state index in [-0.39, 0.29) is 36.3 Å². The molecular weight excluding hydrogens is 483 g/mol. The summed E-state index contributed by atoms with van der Waals surface area (Å²) >= 11 is 1.49. The Kier molecular flexibility index (Phi) is 6.23. The molecule has 0 spiro atoms. The zero-order valence-electron chi connectivity index (χ0n) is 19.6. The lowest BCUT2D eigenvalue weighted by atomic mass is 10.1. The molecular formula is C25H23FN6O3S. The highest BCUT2D eigenvalue weighted by Crippen LogP contribution is 2.29. The summed E-state index contributed by atoms with van der Waals surface area (Å²) < 4.78 is 14.7. The number of halogens is 1. The highest BCUT2D eigenvalue weighted by atomic mass is 32.1. The molecule has 1 aliphatic rings. The Bertz CT molecular complexity index is 1490. The Hall–Kier alpha value is -4.12. The van der Waals surface area contributed by atoms with Crippen molar-refractivity contribution in [3.05, 3.63) is 75.3 Å². The highest BCUT2D eigenvalue weighted by Gasteiger charge is 2.35. The molecule has 2 amide bonds. The van der Waals surface area contributed by atoms with Gasteiger partial charge in [0.1, 0.15) is 17.3 Å². The van der Waals surface area contributed by atoms with Gasteiger partial charge < -0.3 is 10.2 Å². The van der Waals surface area contributed by atoms with Crippen molar-refractivity contribution in [1.29, 1.82) is 0 Å². The number of rotatable bonds is 6. The van der Waals surface area contributed by atoms with E-state index in [0.29, 0.717) is 34.9 Å². The van der Waals surface area contributed by atoms with Crippen molar-refractivity contribution in [2.75, 3.05) is 16.8 Å². The second-order valence-corrected chi connectivity index (χ2v) is 9.43. The summed E-state index contributed by atoms with van der Waals surface area (Å²) in [5.41, 5.74) is 2.05. The number of hydrogen-bond donors (Lipinski definition) is 2. The van der Waals surface area contributed by atoms with Gasteiger partial charge in [0.15, 0.2) is 0 Å². The van der Waals surface area contributed by atoms with Gasteiger partial charge in [-0.15, -0.1) is 11.3 Å². The van der Waals surface area contributed by atoms with Gasteiger partial charge in [-0.3, -0.25) is 19.4 Å². The SMILES string of the molecule is CCc1c(C)nc(-n2nc(-c3cccs3)cc2NC(=O)C2CC(=O)N(c3ccc(F)cc3)C2)[nH]c1=O. The molecule has 1 aliphatic heterocycles. The van der Waals surface area contributed by atoms with E-state index < -0.39 is 11.7 Å². The maximum absolute atomic E-state index is 13.3. The number of aryl methyl sites for hydroxylation is 1. The molecule has 0 radical (unpaired) electrons. The lowest BCUT2D eigenvalue weighted by molar-refractivity contribution is -0.122. The molecule has 1 saturated heterocycles. The first-order valence-corrected chi connectivity index (χ1v) is 12.3. The first-order chi connectivity index (χ1) is 17.3. The summed E-state index contributed by atoms with van der Waals surface area (Å²) in [6.45, 7) is 3.81. The minimum absolute atomic E-state index is 0.0223. The molecule has 1 fully saturated rings. The molecule has 3 aromatic heterocycles. The molecule has 0 aliphatic carbocycles. The van der Waals surface area contributed by atoms with Crippen molar-refractivity contribution in [3.8, 4) is 16.5 Å². The monoisotopic (exact) mass is 506 g/mol. The predicted molar refractivity (Wildman–Crippen MR) is 135 cm³/mol. The standard InChI is InChI=1S/C25H23FN6O3S/c1-3-18-14(2)27-25(29-24(18)35)32-21(12-19(30-32)20-5-4-10-36-20)28-23(34)15-11-22(33)31(13-15)17-8-6-16(26)7-9-17/h4-10,12,15H,3,11,13H2,1-2H3,(H,28,34)(H,27,29,35). The van der Waals surface area contributed by atoms with Crippen molar-refractivity contribution < 1.29 is 14.0 Å². The minimum Gasteiger partial charge on any atom is -0.312 e. The van der Waals surface area contributed by atoms with Crippen molar-refractivity contribution in [1.82, 2.24) is 19.7 Å². The van der Waals surface area contributed by atoms with Crippen LogP contribution in [0.3, 0.4) is 0 Å². The molecule has 9 nitrogen and oxygen atoms in total. The normalized spacial score (nSPS) is 15.5. The summed E-state index contributed by atoms with van der Waals surface area (Å²) in [7, 11) is 0. The van der Waals surface area contributed by atoms with E-state index in [1.807, 2.05) is 24.4 Å². The van der Waals surface area contributed by atoms with Crippen LogP contribution >= 0.6 is 11.3 Å². The number of benzene rings is 1. The molecule has 0 saturated carbocycles. The average Bonchev–Trinajstić information content (AvgIpc) is 3.59. The Morgan fingerprint density at radius 3 is 2.69 bits per heavy atom. The molecule has 1 unspecified atom stereocenters. The molecule has 0 bridgehead atoms. The smallest absolute Gasteiger partial charge is 0.255 e. The number of nitrogens with zero attached hydrogens (tertiary/aromatic N) is 4. The molecule has 1 aromatic carbocycles. The molecule has 36 heavy (non-hydrogen) atoms. The lowest BCUT2D eigenvalue weighted by Crippen LogP contribution is -2.29. The Morgan fingerprint density at radius 2 is 2.03 bits per heavy atom. The summed E-state index contributed by atoms with van der Waals surface area (Å²) in [5.74, 6) is -1.09. The zero-order valence-corrected chi connectivity index (χ0v) is 20.4. The van der Waals surface area contributed by atoms with Gasteiger partial charge in [0.25, 0.3) is 5.56 Å². The Balaban J connectivity index is 1.45. The van der Waals surface area contributed by atoms with Crippen molar-refractivity contribution in [2.45, 2.75) is 26.7 Å². The quantitative estimate of drug-likeness (QED) is 0.414. The zero-order chi connectivity index (χ0) is 25.4. The van der Waals surface area contributed by atoms with Crippen LogP contribution in [-0.4, -0.2) is 38.1 Å². The molecule has 4 aromatic rings. The van der Waals surface area contributed by atoms with E-state index in [2.05, 4.69) is 20.4 Å². The van der Waals surface area contributed by atoms with Crippen LogP contribution in [-0.2, 0) is 16.0 Å². The van der Waals surface area contributed by atoms with Gasteiger partial charge in [0.2, 0.25) is 17.8 Å². The second-order valence-electron chi connectivity index (χ2n) is 8.48. The lowest BCUT2D eigenvalue weighted by Gasteiger charge is -2.16. The minimum atomic E-state index is -0.618. The summed E-state index contributed by atoms with van der Waals surface area (Å²) in [6.07, 6.45) is 0.562. The van der Waals surface area contributed by atoms with E-state index in [0.717, 1.165) is 4.88 Å². The first-order valence-electron chi connectivity index (χ1n) is 11.4. The molecule has 184 valence electrons. The Labute approximate surface area is 209 Å². The number of H-pyrrole nitrogens is 1. The predicted octanol–water partition coefficient (Wildman–Crippen LogP) is 3.69. The van der Waals surface area contributed by atoms with Gasteiger partial charge in [-0.05, 0) is 49.1 Å². The van der Waals surface area contributed by atoms with Crippen LogP contribution in [0, 0.1) is 18.7 Å². The number of carbonyl (C=O) groups is 2. The molecule has 11 heteroatoms. The number of aromatic nitrogens is 4. The third-order valence-electron chi connectivity index (χ3n) is 6.13. The van der Waals surface area contributed by atoms with Crippen molar-refractivity contribution in [3.63, 3.8) is 0 Å². The largest absolute Gasteiger partial charge is 0.312 e. The second kappa shape index (κ2) is 9.50. The van der Waals surface area contributed by atoms with E-state index in [1.54, 1.807) is 13.0 Å². The summed E-state index contributed by atoms with van der Waals surface area (Å²) in [5, 5.41) is 9.38. The molecule has 2 N–H and O–H groups in total. The topological polar surface area (TPSA) is 113 Å². The number of anilines is 2. The highest BCUT2D eigenvalue weighted by molar-refractivity contribution is 7.13. The van der Waals surface area contributed by atoms with Gasteiger partial charge in [0.05, 0.1) is 10.8 Å². The number of aromatic amines is 1. The number of hydrogen-bond acceptors (Lipinski definition) is 6. The number of amides is 2. The van der Waals surface area contributed by atoms with E-state index in [9.17, 15) is 18.8 Å². The van der Waals surface area contributed by atoms with Gasteiger partial charge in [-0.25, -0.2) is 9.37 Å². The number of thiophene rings is 1. The maximum Gasteiger partial charge on any atom is 0.255 e. The van der Waals surface area contributed by atoms with Crippen LogP contribution in [0.25, 0.3) is 16.5 Å². The fourth-order valence-electron chi connectivity index (χ4n) is 4.27. The fourth-order valence-corrected chi connectivity index (χ4v) is 4.95. The van der Waals surface area contributed by atoms with Gasteiger partial charge in [0, 0.05) is 36.0 Å². The van der Waals surface area contributed by atoms with Crippen molar-refractivity contribution >= 4 is 34.7 Å². The molecule has 1 atom stereocenters. The maximum atomic E-state index is 13.3. The first kappa shape index (κ1) is 23.6. The number of carbonyl (C=O) groups excluding carboxylic acids is 2. The van der Waals surface area contributed by atoms with Gasteiger partial charge in [-0.2, -0.15) is 9.78 Å². The van der Waals surface area contributed by atoms with Crippen LogP contribution < -0.4 is 15.8 Å². The van der Waals surface area contributed by atoms with Crippen LogP contribution in [0.1, 0.15) is 24.6 Å². The number of nitrogens with one attached hydrogen (secondary N) is 2. The molecule has 4 heterocycles. The van der Waals surface area contributed by atoms with E-state index in [4.69, 9.17) is 0 Å². The van der Waals surface area contributed by atoms with Crippen LogP contribution in [0.5, 0.6) is 0 Å². The summed E-state index contributed by atoms with van der Waals surface area (Å²) in [6, 6.07) is 11.1. The van der Waals surface area contributed by atoms with E-state index >= 15 is 0 Å². The molecule has 5 rings (SSSR count).